The molecule has 3 rings (SSSR count). The van der Waals surface area contributed by atoms with Gasteiger partial charge in [0, 0.05) is 39.0 Å². The van der Waals surface area contributed by atoms with Crippen LogP contribution in [0.5, 0.6) is 0 Å². The summed E-state index contributed by atoms with van der Waals surface area (Å²) in [4.78, 5) is 14.1. The molecule has 3 aliphatic heterocycles. The average molecular weight is 304 g/mol. The molecule has 0 aromatic rings. The van der Waals surface area contributed by atoms with Crippen LogP contribution >= 0.6 is 0 Å². The fourth-order valence-electron chi connectivity index (χ4n) is 2.98. The summed E-state index contributed by atoms with van der Waals surface area (Å²) in [6, 6.07) is 0. The number of carbonyl (C=O) groups is 1. The lowest BCUT2D eigenvalue weighted by atomic mass is 9.98. The SMILES string of the molecule is CS(=O)(=O)N1CC(C(=O)N2CCC3(CC2)OCCO3)C1. The highest BCUT2D eigenvalue weighted by Crippen LogP contribution is 2.32. The van der Waals surface area contributed by atoms with Gasteiger partial charge in [0.25, 0.3) is 0 Å². The van der Waals surface area contributed by atoms with E-state index < -0.39 is 15.8 Å². The molecule has 8 heteroatoms. The lowest BCUT2D eigenvalue weighted by molar-refractivity contribution is -0.189. The van der Waals surface area contributed by atoms with Crippen LogP contribution in [0.3, 0.4) is 0 Å². The summed E-state index contributed by atoms with van der Waals surface area (Å²) in [5.41, 5.74) is 0. The molecule has 3 fully saturated rings. The molecule has 0 saturated carbocycles. The molecular weight excluding hydrogens is 284 g/mol. The topological polar surface area (TPSA) is 76.2 Å². The molecule has 7 nitrogen and oxygen atoms in total. The summed E-state index contributed by atoms with van der Waals surface area (Å²) >= 11 is 0. The molecule has 0 atom stereocenters. The van der Waals surface area contributed by atoms with Crippen LogP contribution < -0.4 is 0 Å². The monoisotopic (exact) mass is 304 g/mol. The molecule has 0 aliphatic carbocycles. The van der Waals surface area contributed by atoms with E-state index in [-0.39, 0.29) is 11.8 Å². The second-order valence-electron chi connectivity index (χ2n) is 5.71. The number of sulfonamides is 1. The lowest BCUT2D eigenvalue weighted by Crippen LogP contribution is -2.58. The first-order valence-electron chi connectivity index (χ1n) is 6.91. The highest BCUT2D eigenvalue weighted by molar-refractivity contribution is 7.88. The van der Waals surface area contributed by atoms with Gasteiger partial charge in [-0.3, -0.25) is 4.79 Å². The summed E-state index contributed by atoms with van der Waals surface area (Å²) in [6.07, 6.45) is 2.57. The molecule has 0 N–H and O–H groups in total. The predicted molar refractivity (Wildman–Crippen MR) is 70.4 cm³/mol. The van der Waals surface area contributed by atoms with Crippen LogP contribution in [0, 0.1) is 5.92 Å². The fourth-order valence-corrected chi connectivity index (χ4v) is 3.88. The van der Waals surface area contributed by atoms with Gasteiger partial charge in [-0.15, -0.1) is 0 Å². The minimum atomic E-state index is -3.16. The number of nitrogens with zero attached hydrogens (tertiary/aromatic N) is 2. The summed E-state index contributed by atoms with van der Waals surface area (Å²) in [6.45, 7) is 3.11. The van der Waals surface area contributed by atoms with Crippen LogP contribution in [0.2, 0.25) is 0 Å². The molecular formula is C12H20N2O5S. The van der Waals surface area contributed by atoms with Crippen molar-refractivity contribution in [3.63, 3.8) is 0 Å². The minimum absolute atomic E-state index is 0.0535. The van der Waals surface area contributed by atoms with Crippen LogP contribution in [0.15, 0.2) is 0 Å². The summed E-state index contributed by atoms with van der Waals surface area (Å²) in [5, 5.41) is 0. The third kappa shape index (κ3) is 2.57. The van der Waals surface area contributed by atoms with Gasteiger partial charge in [-0.1, -0.05) is 0 Å². The maximum atomic E-state index is 12.3. The highest BCUT2D eigenvalue weighted by Gasteiger charge is 2.44. The quantitative estimate of drug-likeness (QED) is 0.670. The zero-order chi connectivity index (χ0) is 14.4. The van der Waals surface area contributed by atoms with Crippen LogP contribution in [0.4, 0.5) is 0 Å². The van der Waals surface area contributed by atoms with Gasteiger partial charge in [-0.25, -0.2) is 12.7 Å². The Hall–Kier alpha value is -0.700. The fraction of sp³-hybridized carbons (Fsp3) is 0.917. The summed E-state index contributed by atoms with van der Waals surface area (Å²) in [5.74, 6) is -0.614. The maximum Gasteiger partial charge on any atom is 0.228 e. The van der Waals surface area contributed by atoms with E-state index >= 15 is 0 Å². The van der Waals surface area contributed by atoms with Gasteiger partial charge in [0.1, 0.15) is 0 Å². The second-order valence-corrected chi connectivity index (χ2v) is 7.69. The van der Waals surface area contributed by atoms with Crippen molar-refractivity contribution in [2.75, 3.05) is 45.6 Å². The molecule has 3 aliphatic rings. The Balaban J connectivity index is 1.51. The summed E-state index contributed by atoms with van der Waals surface area (Å²) < 4.78 is 35.2. The van der Waals surface area contributed by atoms with E-state index in [0.717, 1.165) is 0 Å². The van der Waals surface area contributed by atoms with Gasteiger partial charge >= 0.3 is 0 Å². The van der Waals surface area contributed by atoms with Gasteiger partial charge in [0.2, 0.25) is 15.9 Å². The van der Waals surface area contributed by atoms with Gasteiger partial charge in [-0.05, 0) is 0 Å². The average Bonchev–Trinajstić information content (AvgIpc) is 2.74. The molecule has 20 heavy (non-hydrogen) atoms. The molecule has 3 heterocycles. The predicted octanol–water partition coefficient (Wildman–Crippen LogP) is -0.757. The van der Waals surface area contributed by atoms with Crippen molar-refractivity contribution in [3.05, 3.63) is 0 Å². The van der Waals surface area contributed by atoms with Crippen LogP contribution in [0.1, 0.15) is 12.8 Å². The van der Waals surface area contributed by atoms with E-state index in [4.69, 9.17) is 9.47 Å². The Bertz CT molecular complexity index is 484. The normalized spacial score (nSPS) is 27.8. The Morgan fingerprint density at radius 3 is 2.20 bits per heavy atom. The first-order chi connectivity index (χ1) is 9.40. The lowest BCUT2D eigenvalue weighted by Gasteiger charge is -2.42. The van der Waals surface area contributed by atoms with Gasteiger partial charge in [-0.2, -0.15) is 0 Å². The number of carbonyl (C=O) groups excluding carboxylic acids is 1. The van der Waals surface area contributed by atoms with E-state index in [0.29, 0.717) is 52.2 Å². The molecule has 114 valence electrons. The van der Waals surface area contributed by atoms with Crippen molar-refractivity contribution in [2.24, 2.45) is 5.92 Å². The maximum absolute atomic E-state index is 12.3. The van der Waals surface area contributed by atoms with Crippen LogP contribution in [-0.2, 0) is 24.3 Å². The second kappa shape index (κ2) is 4.94. The number of hydrogen-bond acceptors (Lipinski definition) is 5. The number of hydrogen-bond donors (Lipinski definition) is 0. The van der Waals surface area contributed by atoms with Crippen molar-refractivity contribution < 1.29 is 22.7 Å². The van der Waals surface area contributed by atoms with Crippen LogP contribution in [0.25, 0.3) is 0 Å². The first kappa shape index (κ1) is 14.2. The molecule has 1 spiro atoms. The Labute approximate surface area is 118 Å². The summed E-state index contributed by atoms with van der Waals surface area (Å²) in [7, 11) is -3.16. The minimum Gasteiger partial charge on any atom is -0.347 e. The van der Waals surface area contributed by atoms with Crippen molar-refractivity contribution in [1.82, 2.24) is 9.21 Å². The number of piperidine rings is 1. The number of likely N-dealkylation sites (tertiary alicyclic amines) is 1. The zero-order valence-electron chi connectivity index (χ0n) is 11.6. The smallest absolute Gasteiger partial charge is 0.228 e. The van der Waals surface area contributed by atoms with Gasteiger partial charge in [0.05, 0.1) is 25.4 Å². The number of ether oxygens (including phenoxy) is 2. The molecule has 3 saturated heterocycles. The van der Waals surface area contributed by atoms with Gasteiger partial charge < -0.3 is 14.4 Å². The molecule has 1 amide bonds. The molecule has 0 radical (unpaired) electrons. The Kier molecular flexibility index (Phi) is 3.52. The van der Waals surface area contributed by atoms with E-state index in [2.05, 4.69) is 0 Å². The molecule has 0 unspecified atom stereocenters. The van der Waals surface area contributed by atoms with E-state index in [9.17, 15) is 13.2 Å². The van der Waals surface area contributed by atoms with E-state index in [1.165, 1.54) is 10.6 Å². The number of rotatable bonds is 2. The first-order valence-corrected chi connectivity index (χ1v) is 8.76. The molecule has 0 bridgehead atoms. The zero-order valence-corrected chi connectivity index (χ0v) is 12.4. The van der Waals surface area contributed by atoms with Crippen molar-refractivity contribution in [1.29, 1.82) is 0 Å². The Morgan fingerprint density at radius 2 is 1.70 bits per heavy atom. The number of amides is 1. The molecule has 0 aromatic heterocycles. The largest absolute Gasteiger partial charge is 0.347 e. The highest BCUT2D eigenvalue weighted by atomic mass is 32.2. The van der Waals surface area contributed by atoms with Crippen molar-refractivity contribution in [3.8, 4) is 0 Å². The van der Waals surface area contributed by atoms with Crippen molar-refractivity contribution >= 4 is 15.9 Å². The third-order valence-corrected chi connectivity index (χ3v) is 5.55. The Morgan fingerprint density at radius 1 is 1.15 bits per heavy atom. The van der Waals surface area contributed by atoms with E-state index in [1.807, 2.05) is 0 Å². The van der Waals surface area contributed by atoms with Gasteiger partial charge in [0.15, 0.2) is 5.79 Å². The third-order valence-electron chi connectivity index (χ3n) is 4.32. The molecule has 0 aromatic carbocycles. The van der Waals surface area contributed by atoms with Crippen molar-refractivity contribution in [2.45, 2.75) is 18.6 Å². The van der Waals surface area contributed by atoms with Crippen LogP contribution in [-0.4, -0.2) is 75.0 Å². The standard InChI is InChI=1S/C12H20N2O5S/c1-20(16,17)14-8-10(9-14)11(15)13-4-2-12(3-5-13)18-6-7-19-12/h10H,2-9H2,1H3. The van der Waals surface area contributed by atoms with E-state index in [1.54, 1.807) is 4.90 Å².